The first kappa shape index (κ1) is 14.3. The molecule has 1 amide bonds. The Morgan fingerprint density at radius 3 is 2.83 bits per heavy atom. The zero-order valence-electron chi connectivity index (χ0n) is 13.0. The van der Waals surface area contributed by atoms with Gasteiger partial charge < -0.3 is 14.6 Å². The first-order chi connectivity index (χ1) is 11.1. The van der Waals surface area contributed by atoms with Crippen LogP contribution in [0.15, 0.2) is 29.1 Å². The minimum absolute atomic E-state index is 0.0972. The summed E-state index contributed by atoms with van der Waals surface area (Å²) in [6, 6.07) is 7.88. The number of ether oxygens (including phenoxy) is 1. The highest BCUT2D eigenvalue weighted by molar-refractivity contribution is 5.81. The maximum Gasteiger partial charge on any atom is 0.252 e. The van der Waals surface area contributed by atoms with Crippen molar-refractivity contribution in [3.8, 4) is 5.75 Å². The molecular formula is C17H19N3O3. The fourth-order valence-electron chi connectivity index (χ4n) is 3.15. The third kappa shape index (κ3) is 2.70. The molecule has 2 fully saturated rings. The molecule has 0 spiro atoms. The van der Waals surface area contributed by atoms with Crippen molar-refractivity contribution < 1.29 is 9.53 Å². The summed E-state index contributed by atoms with van der Waals surface area (Å²) in [5.74, 6) is 0.929. The summed E-state index contributed by atoms with van der Waals surface area (Å²) in [5, 5.41) is 0.934. The highest BCUT2D eigenvalue weighted by Gasteiger charge is 2.38. The van der Waals surface area contributed by atoms with Gasteiger partial charge >= 0.3 is 0 Å². The van der Waals surface area contributed by atoms with E-state index in [1.54, 1.807) is 7.11 Å². The van der Waals surface area contributed by atoms with Gasteiger partial charge in [-0.2, -0.15) is 0 Å². The lowest BCUT2D eigenvalue weighted by Crippen LogP contribution is -2.30. The number of H-pyrrole nitrogens is 1. The zero-order chi connectivity index (χ0) is 16.0. The van der Waals surface area contributed by atoms with Gasteiger partial charge in [0.2, 0.25) is 5.91 Å². The Balaban J connectivity index is 1.59. The third-order valence-electron chi connectivity index (χ3n) is 4.54. The number of methoxy groups -OCH3 is 1. The molecule has 6 heteroatoms. The quantitative estimate of drug-likeness (QED) is 0.924. The number of rotatable bonds is 4. The van der Waals surface area contributed by atoms with Crippen molar-refractivity contribution in [2.24, 2.45) is 0 Å². The molecule has 0 bridgehead atoms. The molecule has 1 aromatic carbocycles. The van der Waals surface area contributed by atoms with Crippen LogP contribution in [-0.2, 0) is 11.3 Å². The minimum atomic E-state index is -0.0972. The highest BCUT2D eigenvalue weighted by Crippen LogP contribution is 2.29. The smallest absolute Gasteiger partial charge is 0.252 e. The second-order valence-corrected chi connectivity index (χ2v) is 6.30. The van der Waals surface area contributed by atoms with Crippen LogP contribution < -0.4 is 10.3 Å². The van der Waals surface area contributed by atoms with E-state index in [0.29, 0.717) is 31.4 Å². The van der Waals surface area contributed by atoms with E-state index in [1.807, 2.05) is 34.1 Å². The van der Waals surface area contributed by atoms with Gasteiger partial charge in [0.25, 0.3) is 5.56 Å². The van der Waals surface area contributed by atoms with Crippen LogP contribution in [0.3, 0.4) is 0 Å². The molecule has 2 aliphatic rings. The van der Waals surface area contributed by atoms with Gasteiger partial charge in [0.15, 0.2) is 0 Å². The summed E-state index contributed by atoms with van der Waals surface area (Å²) in [6.45, 7) is 1.50. The largest absolute Gasteiger partial charge is 0.497 e. The Labute approximate surface area is 133 Å². The monoisotopic (exact) mass is 313 g/mol. The molecule has 0 unspecified atom stereocenters. The van der Waals surface area contributed by atoms with Gasteiger partial charge in [-0.15, -0.1) is 0 Å². The first-order valence-corrected chi connectivity index (χ1v) is 7.86. The van der Waals surface area contributed by atoms with Crippen molar-refractivity contribution >= 4 is 16.8 Å². The Hall–Kier alpha value is -2.34. The number of nitrogens with one attached hydrogen (secondary N) is 1. The molecule has 1 aliphatic heterocycles. The van der Waals surface area contributed by atoms with Crippen LogP contribution >= 0.6 is 0 Å². The number of nitrogens with zero attached hydrogens (tertiary/aromatic N) is 2. The van der Waals surface area contributed by atoms with Crippen molar-refractivity contribution in [1.82, 2.24) is 14.8 Å². The van der Waals surface area contributed by atoms with E-state index in [9.17, 15) is 9.59 Å². The van der Waals surface area contributed by atoms with Crippen LogP contribution in [0.25, 0.3) is 10.9 Å². The van der Waals surface area contributed by atoms with Gasteiger partial charge in [-0.05, 0) is 37.1 Å². The van der Waals surface area contributed by atoms with Crippen LogP contribution in [0.1, 0.15) is 18.4 Å². The lowest BCUT2D eigenvalue weighted by Gasteiger charge is -2.17. The molecule has 23 heavy (non-hydrogen) atoms. The molecule has 1 aliphatic carbocycles. The molecule has 0 atom stereocenters. The van der Waals surface area contributed by atoms with Gasteiger partial charge in [0.1, 0.15) is 5.75 Å². The molecule has 6 nitrogen and oxygen atoms in total. The lowest BCUT2D eigenvalue weighted by atomic mass is 10.1. The number of fused-ring (bicyclic) bond motifs is 1. The van der Waals surface area contributed by atoms with Gasteiger partial charge in [-0.25, -0.2) is 0 Å². The predicted molar refractivity (Wildman–Crippen MR) is 86.3 cm³/mol. The lowest BCUT2D eigenvalue weighted by molar-refractivity contribution is -0.127. The summed E-state index contributed by atoms with van der Waals surface area (Å²) in [6.07, 6.45) is 2.21. The Morgan fingerprint density at radius 2 is 2.09 bits per heavy atom. The molecule has 1 saturated carbocycles. The van der Waals surface area contributed by atoms with Gasteiger partial charge in [-0.3, -0.25) is 14.5 Å². The molecule has 2 aromatic rings. The van der Waals surface area contributed by atoms with Crippen LogP contribution in [0.4, 0.5) is 0 Å². The van der Waals surface area contributed by atoms with E-state index in [4.69, 9.17) is 4.74 Å². The number of amides is 1. The summed E-state index contributed by atoms with van der Waals surface area (Å²) in [5.41, 5.74) is 1.37. The van der Waals surface area contributed by atoms with Crippen LogP contribution in [0.5, 0.6) is 5.75 Å². The topological polar surface area (TPSA) is 65.6 Å². The fourth-order valence-corrected chi connectivity index (χ4v) is 3.15. The van der Waals surface area contributed by atoms with Crippen LogP contribution in [0.2, 0.25) is 0 Å². The molecule has 0 radical (unpaired) electrons. The SMILES string of the molecule is COc1ccc2[nH]c(=O)c(CN3CC(=O)N(C4CC4)C3)cc2c1. The maximum atomic E-state index is 12.3. The average Bonchev–Trinajstić information content (AvgIpc) is 3.31. The van der Waals surface area contributed by atoms with E-state index in [-0.39, 0.29) is 11.5 Å². The van der Waals surface area contributed by atoms with Gasteiger partial charge in [0, 0.05) is 29.1 Å². The van der Waals surface area contributed by atoms with E-state index < -0.39 is 0 Å². The number of carbonyl (C=O) groups is 1. The number of hydrogen-bond donors (Lipinski definition) is 1. The first-order valence-electron chi connectivity index (χ1n) is 7.86. The zero-order valence-corrected chi connectivity index (χ0v) is 13.0. The number of aromatic amines is 1. The molecular weight excluding hydrogens is 294 g/mol. The standard InChI is InChI=1S/C17H19N3O3/c1-23-14-4-5-15-11(7-14)6-12(17(22)18-15)8-19-9-16(21)20(10-19)13-2-3-13/h4-7,13H,2-3,8-10H2,1H3,(H,18,22). The van der Waals surface area contributed by atoms with E-state index in [0.717, 1.165) is 29.5 Å². The molecule has 1 N–H and O–H groups in total. The second-order valence-electron chi connectivity index (χ2n) is 6.30. The highest BCUT2D eigenvalue weighted by atomic mass is 16.5. The summed E-state index contributed by atoms with van der Waals surface area (Å²) < 4.78 is 5.23. The average molecular weight is 313 g/mol. The van der Waals surface area contributed by atoms with Crippen LogP contribution in [-0.4, -0.2) is 47.1 Å². The van der Waals surface area contributed by atoms with E-state index in [1.165, 1.54) is 0 Å². The fraction of sp³-hybridized carbons (Fsp3) is 0.412. The Kier molecular flexibility index (Phi) is 3.34. The third-order valence-corrected chi connectivity index (χ3v) is 4.54. The van der Waals surface area contributed by atoms with Crippen LogP contribution in [0, 0.1) is 0 Å². The Morgan fingerprint density at radius 1 is 1.26 bits per heavy atom. The summed E-state index contributed by atoms with van der Waals surface area (Å²) >= 11 is 0. The van der Waals surface area contributed by atoms with Gasteiger partial charge in [-0.1, -0.05) is 0 Å². The normalized spacial score (nSPS) is 18.8. The maximum absolute atomic E-state index is 12.3. The number of carbonyl (C=O) groups excluding carboxylic acids is 1. The predicted octanol–water partition coefficient (Wildman–Crippen LogP) is 1.30. The Bertz CT molecular complexity index is 825. The number of benzene rings is 1. The molecule has 1 aromatic heterocycles. The van der Waals surface area contributed by atoms with Crippen molar-refractivity contribution in [1.29, 1.82) is 0 Å². The summed E-state index contributed by atoms with van der Waals surface area (Å²) in [7, 11) is 1.62. The van der Waals surface area contributed by atoms with Crippen molar-refractivity contribution in [2.75, 3.05) is 20.3 Å². The molecule has 4 rings (SSSR count). The number of pyridine rings is 1. The molecule has 2 heterocycles. The van der Waals surface area contributed by atoms with E-state index in [2.05, 4.69) is 4.98 Å². The van der Waals surface area contributed by atoms with Crippen molar-refractivity contribution in [3.05, 3.63) is 40.2 Å². The number of hydrogen-bond acceptors (Lipinski definition) is 4. The second kappa shape index (κ2) is 5.38. The van der Waals surface area contributed by atoms with E-state index >= 15 is 0 Å². The summed E-state index contributed by atoms with van der Waals surface area (Å²) in [4.78, 5) is 31.2. The number of aromatic nitrogens is 1. The van der Waals surface area contributed by atoms with Gasteiger partial charge in [0.05, 0.1) is 20.3 Å². The minimum Gasteiger partial charge on any atom is -0.497 e. The van der Waals surface area contributed by atoms with Crippen molar-refractivity contribution in [3.63, 3.8) is 0 Å². The molecule has 1 saturated heterocycles. The van der Waals surface area contributed by atoms with Crippen molar-refractivity contribution in [2.45, 2.75) is 25.4 Å². The molecule has 120 valence electrons.